The monoisotopic (exact) mass is 133 g/mol. The van der Waals surface area contributed by atoms with Gasteiger partial charge in [0, 0.05) is 18.6 Å². The molecule has 0 saturated heterocycles. The molecule has 0 aliphatic carbocycles. The molecule has 0 radical (unpaired) electrons. The number of nitrogens with zero attached hydrogens (tertiary/aromatic N) is 3. The van der Waals surface area contributed by atoms with Gasteiger partial charge in [0.25, 0.3) is 0 Å². The highest BCUT2D eigenvalue weighted by Gasteiger charge is 2.19. The molecule has 2 aliphatic heterocycles. The molecular formula is C7H7N3. The summed E-state index contributed by atoms with van der Waals surface area (Å²) in [5, 5.41) is 7.77. The fourth-order valence-electron chi connectivity index (χ4n) is 1.07. The summed E-state index contributed by atoms with van der Waals surface area (Å²) in [6.45, 7) is 2.00. The number of allylic oxidation sites excluding steroid dienone is 1. The predicted molar refractivity (Wildman–Crippen MR) is 41.7 cm³/mol. The zero-order valence-corrected chi connectivity index (χ0v) is 5.65. The van der Waals surface area contributed by atoms with Crippen LogP contribution in [0.2, 0.25) is 0 Å². The average molecular weight is 133 g/mol. The molecule has 0 saturated carbocycles. The smallest absolute Gasteiger partial charge is 0.0813 e. The van der Waals surface area contributed by atoms with E-state index in [1.54, 1.807) is 6.21 Å². The van der Waals surface area contributed by atoms with Gasteiger partial charge in [-0.05, 0) is 12.5 Å². The zero-order valence-electron chi connectivity index (χ0n) is 5.65. The van der Waals surface area contributed by atoms with Crippen LogP contribution in [0.3, 0.4) is 0 Å². The fourth-order valence-corrected chi connectivity index (χ4v) is 1.07. The molecule has 3 heteroatoms. The highest BCUT2D eigenvalue weighted by atomic mass is 15.2. The molecule has 50 valence electrons. The Balaban J connectivity index is 2.44. The third kappa shape index (κ3) is 0.635. The van der Waals surface area contributed by atoms with E-state index in [0.717, 1.165) is 11.3 Å². The van der Waals surface area contributed by atoms with Crippen molar-refractivity contribution in [1.29, 1.82) is 0 Å². The zero-order chi connectivity index (χ0) is 6.97. The molecule has 0 N–H and O–H groups in total. The molecular weight excluding hydrogens is 126 g/mol. The molecule has 0 spiro atoms. The van der Waals surface area contributed by atoms with E-state index in [1.807, 2.05) is 19.3 Å². The van der Waals surface area contributed by atoms with Gasteiger partial charge in [0.05, 0.1) is 11.6 Å². The van der Waals surface area contributed by atoms with Gasteiger partial charge in [0.1, 0.15) is 0 Å². The minimum atomic E-state index is 0.241. The van der Waals surface area contributed by atoms with Crippen LogP contribution in [0.5, 0.6) is 0 Å². The van der Waals surface area contributed by atoms with Crippen molar-refractivity contribution in [3.05, 3.63) is 11.8 Å². The minimum absolute atomic E-state index is 0.241. The van der Waals surface area contributed by atoms with E-state index in [1.165, 1.54) is 0 Å². The van der Waals surface area contributed by atoms with Crippen LogP contribution < -0.4 is 0 Å². The van der Waals surface area contributed by atoms with Gasteiger partial charge in [-0.2, -0.15) is 10.2 Å². The molecule has 0 aromatic heterocycles. The van der Waals surface area contributed by atoms with Gasteiger partial charge < -0.3 is 0 Å². The van der Waals surface area contributed by atoms with Crippen LogP contribution in [0, 0.1) is 5.92 Å². The maximum atomic E-state index is 4.04. The Morgan fingerprint density at radius 3 is 3.10 bits per heavy atom. The van der Waals surface area contributed by atoms with Crippen LogP contribution in [0.15, 0.2) is 27.0 Å². The van der Waals surface area contributed by atoms with Crippen LogP contribution in [0.25, 0.3) is 0 Å². The lowest BCUT2D eigenvalue weighted by atomic mass is 9.99. The molecule has 2 aliphatic rings. The van der Waals surface area contributed by atoms with Gasteiger partial charge in [-0.15, -0.1) is 0 Å². The first-order chi connectivity index (χ1) is 4.88. The first kappa shape index (κ1) is 5.53. The maximum absolute atomic E-state index is 4.04. The lowest BCUT2D eigenvalue weighted by Crippen LogP contribution is -2.17. The van der Waals surface area contributed by atoms with E-state index in [4.69, 9.17) is 0 Å². The van der Waals surface area contributed by atoms with Crippen molar-refractivity contribution < 1.29 is 0 Å². The van der Waals surface area contributed by atoms with Gasteiger partial charge in [-0.3, -0.25) is 4.99 Å². The SMILES string of the molecule is CC1=CN=CC2C=NN=C12. The van der Waals surface area contributed by atoms with Gasteiger partial charge in [0.15, 0.2) is 0 Å². The summed E-state index contributed by atoms with van der Waals surface area (Å²) >= 11 is 0. The Bertz CT molecular complexity index is 271. The summed E-state index contributed by atoms with van der Waals surface area (Å²) in [5.41, 5.74) is 2.15. The third-order valence-electron chi connectivity index (χ3n) is 1.63. The molecule has 3 nitrogen and oxygen atoms in total. The molecule has 0 bridgehead atoms. The van der Waals surface area contributed by atoms with E-state index < -0.39 is 0 Å². The largest absolute Gasteiger partial charge is 0.268 e. The van der Waals surface area contributed by atoms with Gasteiger partial charge in [-0.25, -0.2) is 0 Å². The van der Waals surface area contributed by atoms with E-state index >= 15 is 0 Å². The number of aliphatic imine (C=N–C) groups is 1. The second-order valence-electron chi connectivity index (χ2n) is 2.39. The van der Waals surface area contributed by atoms with Crippen molar-refractivity contribution in [3.8, 4) is 0 Å². The topological polar surface area (TPSA) is 37.1 Å². The highest BCUT2D eigenvalue weighted by molar-refractivity contribution is 6.21. The number of hydrogen-bond donors (Lipinski definition) is 0. The second-order valence-corrected chi connectivity index (χ2v) is 2.39. The number of fused-ring (bicyclic) bond motifs is 1. The second kappa shape index (κ2) is 1.87. The molecule has 1 unspecified atom stereocenters. The van der Waals surface area contributed by atoms with E-state index in [-0.39, 0.29) is 5.92 Å². The quantitative estimate of drug-likeness (QED) is 0.473. The Morgan fingerprint density at radius 2 is 2.30 bits per heavy atom. The van der Waals surface area contributed by atoms with Crippen molar-refractivity contribution in [2.75, 3.05) is 0 Å². The molecule has 10 heavy (non-hydrogen) atoms. The van der Waals surface area contributed by atoms with Crippen molar-refractivity contribution in [3.63, 3.8) is 0 Å². The average Bonchev–Trinajstić information content (AvgIpc) is 2.36. The minimum Gasteiger partial charge on any atom is -0.268 e. The Kier molecular flexibility index (Phi) is 1.03. The maximum Gasteiger partial charge on any atom is 0.0813 e. The first-order valence-electron chi connectivity index (χ1n) is 3.19. The van der Waals surface area contributed by atoms with Crippen LogP contribution in [-0.2, 0) is 0 Å². The molecule has 0 fully saturated rings. The lowest BCUT2D eigenvalue weighted by Gasteiger charge is -2.07. The molecule has 2 rings (SSSR count). The number of rotatable bonds is 0. The van der Waals surface area contributed by atoms with Crippen LogP contribution >= 0.6 is 0 Å². The summed E-state index contributed by atoms with van der Waals surface area (Å²) in [7, 11) is 0. The Morgan fingerprint density at radius 1 is 1.40 bits per heavy atom. The standard InChI is InChI=1S/C7H7N3/c1-5-2-8-3-6-4-9-10-7(5)6/h2-4,6H,1H3. The van der Waals surface area contributed by atoms with Gasteiger partial charge in [0.2, 0.25) is 0 Å². The van der Waals surface area contributed by atoms with Crippen molar-refractivity contribution in [2.45, 2.75) is 6.92 Å². The predicted octanol–water partition coefficient (Wildman–Crippen LogP) is 1.03. The van der Waals surface area contributed by atoms with Crippen LogP contribution in [0.4, 0.5) is 0 Å². The summed E-state index contributed by atoms with van der Waals surface area (Å²) < 4.78 is 0. The summed E-state index contributed by atoms with van der Waals surface area (Å²) in [6, 6.07) is 0. The summed E-state index contributed by atoms with van der Waals surface area (Å²) in [4.78, 5) is 4.04. The lowest BCUT2D eigenvalue weighted by molar-refractivity contribution is 1.24. The van der Waals surface area contributed by atoms with E-state index in [0.29, 0.717) is 0 Å². The van der Waals surface area contributed by atoms with Crippen LogP contribution in [-0.4, -0.2) is 18.1 Å². The highest BCUT2D eigenvalue weighted by Crippen LogP contribution is 2.14. The Hall–Kier alpha value is -1.25. The Labute approximate surface area is 58.9 Å². The van der Waals surface area contributed by atoms with Gasteiger partial charge >= 0.3 is 0 Å². The molecule has 0 amide bonds. The fraction of sp³-hybridized carbons (Fsp3) is 0.286. The normalized spacial score (nSPS) is 27.9. The third-order valence-corrected chi connectivity index (χ3v) is 1.63. The van der Waals surface area contributed by atoms with E-state index in [2.05, 4.69) is 15.2 Å². The van der Waals surface area contributed by atoms with Crippen molar-refractivity contribution in [1.82, 2.24) is 0 Å². The molecule has 0 aromatic carbocycles. The number of hydrogen-bond acceptors (Lipinski definition) is 3. The van der Waals surface area contributed by atoms with Crippen molar-refractivity contribution >= 4 is 18.1 Å². The van der Waals surface area contributed by atoms with Crippen molar-refractivity contribution in [2.24, 2.45) is 21.1 Å². The van der Waals surface area contributed by atoms with Crippen LogP contribution in [0.1, 0.15) is 6.92 Å². The van der Waals surface area contributed by atoms with E-state index in [9.17, 15) is 0 Å². The summed E-state index contributed by atoms with van der Waals surface area (Å²) in [6.07, 6.45) is 5.46. The van der Waals surface area contributed by atoms with Gasteiger partial charge in [-0.1, -0.05) is 0 Å². The molecule has 1 atom stereocenters. The molecule has 0 aromatic rings. The molecule has 2 heterocycles. The summed E-state index contributed by atoms with van der Waals surface area (Å²) in [5.74, 6) is 0.241. The first-order valence-corrected chi connectivity index (χ1v) is 3.19.